The molecule has 25 heavy (non-hydrogen) atoms. The summed E-state index contributed by atoms with van der Waals surface area (Å²) in [5.74, 6) is 1.27. The fourth-order valence-corrected chi connectivity index (χ4v) is 3.36. The summed E-state index contributed by atoms with van der Waals surface area (Å²) in [4.78, 5) is 13.0. The van der Waals surface area contributed by atoms with Gasteiger partial charge < -0.3 is 24.8 Å². The number of hydrogen-bond donors (Lipinski definition) is 2. The van der Waals surface area contributed by atoms with Crippen molar-refractivity contribution in [2.24, 2.45) is 0 Å². The van der Waals surface area contributed by atoms with Crippen LogP contribution in [0.2, 0.25) is 4.34 Å². The predicted octanol–water partition coefficient (Wildman–Crippen LogP) is 3.61. The number of methoxy groups -OCH3 is 3. The van der Waals surface area contributed by atoms with Crippen molar-refractivity contribution in [2.75, 3.05) is 27.9 Å². The van der Waals surface area contributed by atoms with Gasteiger partial charge in [-0.05, 0) is 29.8 Å². The monoisotopic (exact) mass is 384 g/mol. The molecule has 0 aliphatic heterocycles. The Balaban J connectivity index is 1.84. The second kappa shape index (κ2) is 9.50. The molecule has 0 bridgehead atoms. The molecule has 1 unspecified atom stereocenters. The Morgan fingerprint density at radius 3 is 2.48 bits per heavy atom. The van der Waals surface area contributed by atoms with Crippen molar-refractivity contribution in [1.82, 2.24) is 10.6 Å². The zero-order chi connectivity index (χ0) is 18.2. The molecule has 6 nitrogen and oxygen atoms in total. The number of carbonyl (C=O) groups excluding carboxylic acids is 1. The highest BCUT2D eigenvalue weighted by atomic mass is 35.5. The van der Waals surface area contributed by atoms with Crippen molar-refractivity contribution in [3.63, 3.8) is 0 Å². The van der Waals surface area contributed by atoms with Gasteiger partial charge in [-0.25, -0.2) is 4.79 Å². The lowest BCUT2D eigenvalue weighted by Crippen LogP contribution is -2.37. The van der Waals surface area contributed by atoms with Crippen molar-refractivity contribution < 1.29 is 19.0 Å². The number of amides is 2. The molecule has 0 spiro atoms. The number of urea groups is 1. The number of halogens is 1. The van der Waals surface area contributed by atoms with Gasteiger partial charge in [-0.1, -0.05) is 17.7 Å². The number of benzene rings is 1. The first kappa shape index (κ1) is 19.4. The predicted molar refractivity (Wildman–Crippen MR) is 98.9 cm³/mol. The van der Waals surface area contributed by atoms with Crippen LogP contribution < -0.4 is 20.1 Å². The molecule has 0 aliphatic carbocycles. The third-order valence-electron chi connectivity index (χ3n) is 3.54. The number of carbonyl (C=O) groups is 1. The summed E-state index contributed by atoms with van der Waals surface area (Å²) in [6, 6.07) is 8.92. The van der Waals surface area contributed by atoms with Gasteiger partial charge in [0.2, 0.25) is 0 Å². The van der Waals surface area contributed by atoms with Crippen LogP contribution >= 0.6 is 22.9 Å². The molecule has 1 heterocycles. The van der Waals surface area contributed by atoms with Crippen molar-refractivity contribution in [1.29, 1.82) is 0 Å². The van der Waals surface area contributed by atoms with E-state index in [-0.39, 0.29) is 12.1 Å². The average Bonchev–Trinajstić information content (AvgIpc) is 3.06. The van der Waals surface area contributed by atoms with Gasteiger partial charge in [0.25, 0.3) is 0 Å². The molecule has 0 saturated carbocycles. The van der Waals surface area contributed by atoms with Crippen LogP contribution in [0.15, 0.2) is 30.3 Å². The van der Waals surface area contributed by atoms with E-state index in [0.717, 1.165) is 10.4 Å². The number of nitrogens with one attached hydrogen (secondary N) is 2. The number of hydrogen-bond acceptors (Lipinski definition) is 5. The molecule has 0 fully saturated rings. The van der Waals surface area contributed by atoms with Crippen LogP contribution in [0.1, 0.15) is 16.5 Å². The zero-order valence-electron chi connectivity index (χ0n) is 14.3. The number of rotatable bonds is 8. The van der Waals surface area contributed by atoms with E-state index in [1.54, 1.807) is 27.4 Å². The van der Waals surface area contributed by atoms with E-state index in [1.165, 1.54) is 11.3 Å². The third kappa shape index (κ3) is 5.52. The molecule has 2 amide bonds. The van der Waals surface area contributed by atoms with Crippen LogP contribution in [0.4, 0.5) is 4.79 Å². The van der Waals surface area contributed by atoms with Crippen LogP contribution in [0, 0.1) is 0 Å². The first-order chi connectivity index (χ1) is 12.1. The summed E-state index contributed by atoms with van der Waals surface area (Å²) in [7, 11) is 4.75. The molecule has 2 rings (SSSR count). The van der Waals surface area contributed by atoms with Gasteiger partial charge >= 0.3 is 6.03 Å². The summed E-state index contributed by atoms with van der Waals surface area (Å²) >= 11 is 7.36. The summed E-state index contributed by atoms with van der Waals surface area (Å²) in [6.45, 7) is 0.722. The van der Waals surface area contributed by atoms with Crippen LogP contribution in [0.5, 0.6) is 11.5 Å². The molecule has 2 N–H and O–H groups in total. The summed E-state index contributed by atoms with van der Waals surface area (Å²) in [5.41, 5.74) is 0.904. The van der Waals surface area contributed by atoms with Gasteiger partial charge in [0, 0.05) is 18.5 Å². The second-order valence-electron chi connectivity index (χ2n) is 5.12. The highest BCUT2D eigenvalue weighted by molar-refractivity contribution is 7.16. The van der Waals surface area contributed by atoms with E-state index in [1.807, 2.05) is 24.3 Å². The molecular weight excluding hydrogens is 364 g/mol. The molecule has 0 saturated heterocycles. The van der Waals surface area contributed by atoms with Crippen molar-refractivity contribution in [3.8, 4) is 11.5 Å². The van der Waals surface area contributed by atoms with Gasteiger partial charge in [0.15, 0.2) is 11.5 Å². The van der Waals surface area contributed by atoms with Gasteiger partial charge in [0.1, 0.15) is 6.10 Å². The molecule has 2 aromatic rings. The standard InChI is InChI=1S/C17H21ClN2O4S/c1-22-12-5-4-11(8-13(12)23-2)9-19-17(21)20-10-14(24-3)15-6-7-16(18)25-15/h4-8,14H,9-10H2,1-3H3,(H2,19,20,21). The first-order valence-corrected chi connectivity index (χ1v) is 8.77. The maximum atomic E-state index is 12.0. The lowest BCUT2D eigenvalue weighted by Gasteiger charge is -2.15. The van der Waals surface area contributed by atoms with Gasteiger partial charge in [-0.3, -0.25) is 0 Å². The second-order valence-corrected chi connectivity index (χ2v) is 6.87. The SMILES string of the molecule is COc1ccc(CNC(=O)NCC(OC)c2ccc(Cl)s2)cc1OC. The zero-order valence-corrected chi connectivity index (χ0v) is 15.9. The van der Waals surface area contributed by atoms with Crippen LogP contribution in [0.3, 0.4) is 0 Å². The molecule has 0 aliphatic rings. The smallest absolute Gasteiger partial charge is 0.315 e. The number of ether oxygens (including phenoxy) is 3. The van der Waals surface area contributed by atoms with E-state index >= 15 is 0 Å². The topological polar surface area (TPSA) is 68.8 Å². The largest absolute Gasteiger partial charge is 0.493 e. The fraction of sp³-hybridized carbons (Fsp3) is 0.353. The minimum atomic E-state index is -0.278. The molecule has 1 atom stereocenters. The minimum absolute atomic E-state index is 0.232. The normalized spacial score (nSPS) is 11.7. The summed E-state index contributed by atoms with van der Waals surface area (Å²) in [6.07, 6.45) is -0.232. The highest BCUT2D eigenvalue weighted by Crippen LogP contribution is 2.28. The minimum Gasteiger partial charge on any atom is -0.493 e. The van der Waals surface area contributed by atoms with Crippen LogP contribution in [0.25, 0.3) is 0 Å². The molecule has 136 valence electrons. The molecule has 8 heteroatoms. The quantitative estimate of drug-likeness (QED) is 0.729. The van der Waals surface area contributed by atoms with Crippen LogP contribution in [-0.4, -0.2) is 33.9 Å². The van der Waals surface area contributed by atoms with E-state index in [2.05, 4.69) is 10.6 Å². The molecule has 1 aromatic carbocycles. The Hall–Kier alpha value is -1.96. The van der Waals surface area contributed by atoms with Crippen molar-refractivity contribution >= 4 is 29.0 Å². The van der Waals surface area contributed by atoms with Crippen LogP contribution in [-0.2, 0) is 11.3 Å². The average molecular weight is 385 g/mol. The van der Waals surface area contributed by atoms with Crippen molar-refractivity contribution in [2.45, 2.75) is 12.6 Å². The Kier molecular flexibility index (Phi) is 7.36. The third-order valence-corrected chi connectivity index (χ3v) is 4.87. The summed E-state index contributed by atoms with van der Waals surface area (Å²) < 4.78 is 16.5. The Bertz CT molecular complexity index is 708. The van der Waals surface area contributed by atoms with E-state index < -0.39 is 0 Å². The Morgan fingerprint density at radius 1 is 1.12 bits per heavy atom. The lowest BCUT2D eigenvalue weighted by molar-refractivity contribution is 0.107. The van der Waals surface area contributed by atoms with E-state index in [0.29, 0.717) is 28.9 Å². The Morgan fingerprint density at radius 2 is 1.88 bits per heavy atom. The molecule has 0 radical (unpaired) electrons. The van der Waals surface area contributed by atoms with Gasteiger partial charge in [0.05, 0.1) is 25.1 Å². The van der Waals surface area contributed by atoms with Crippen molar-refractivity contribution in [3.05, 3.63) is 45.1 Å². The maximum absolute atomic E-state index is 12.0. The fourth-order valence-electron chi connectivity index (χ4n) is 2.22. The molecular formula is C17H21ClN2O4S. The maximum Gasteiger partial charge on any atom is 0.315 e. The van der Waals surface area contributed by atoms with E-state index in [9.17, 15) is 4.79 Å². The van der Waals surface area contributed by atoms with Gasteiger partial charge in [-0.2, -0.15) is 0 Å². The first-order valence-electron chi connectivity index (χ1n) is 7.58. The van der Waals surface area contributed by atoms with E-state index in [4.69, 9.17) is 25.8 Å². The van der Waals surface area contributed by atoms with Gasteiger partial charge in [-0.15, -0.1) is 11.3 Å². The molecule has 1 aromatic heterocycles. The highest BCUT2D eigenvalue weighted by Gasteiger charge is 2.14. The lowest BCUT2D eigenvalue weighted by atomic mass is 10.2. The Labute approximate surface area is 156 Å². The number of thiophene rings is 1. The summed E-state index contributed by atoms with van der Waals surface area (Å²) in [5, 5.41) is 5.59.